The number of halogens is 1. The van der Waals surface area contributed by atoms with E-state index < -0.39 is 6.10 Å². The van der Waals surface area contributed by atoms with Gasteiger partial charge in [-0.1, -0.05) is 31.5 Å². The van der Waals surface area contributed by atoms with Crippen LogP contribution in [0.1, 0.15) is 32.4 Å². The summed E-state index contributed by atoms with van der Waals surface area (Å²) in [5.74, 6) is 0.574. The van der Waals surface area contributed by atoms with Gasteiger partial charge in [0.15, 0.2) is 0 Å². The fourth-order valence-corrected chi connectivity index (χ4v) is 2.42. The van der Waals surface area contributed by atoms with Gasteiger partial charge < -0.3 is 14.9 Å². The molecule has 1 atom stereocenters. The molecule has 0 spiro atoms. The highest BCUT2D eigenvalue weighted by Gasteiger charge is 2.14. The average molecular weight is 299 g/mol. The van der Waals surface area contributed by atoms with Gasteiger partial charge in [0, 0.05) is 19.6 Å². The Morgan fingerprint density at radius 1 is 1.15 bits per heavy atom. The molecule has 0 radical (unpaired) electrons. The number of hydrogen-bond acceptors (Lipinski definition) is 3. The lowest BCUT2D eigenvalue weighted by Gasteiger charge is -2.29. The number of likely N-dealkylation sites (N-methyl/N-ethyl adjacent to an activating group) is 1. The van der Waals surface area contributed by atoms with Gasteiger partial charge in [0.2, 0.25) is 0 Å². The molecule has 1 N–H and O–H groups in total. The van der Waals surface area contributed by atoms with Crippen LogP contribution in [0.3, 0.4) is 0 Å². The van der Waals surface area contributed by atoms with Crippen LogP contribution in [-0.2, 0) is 0 Å². The third-order valence-corrected chi connectivity index (χ3v) is 3.50. The van der Waals surface area contributed by atoms with Crippen LogP contribution in [0.4, 0.5) is 5.69 Å². The first kappa shape index (κ1) is 17.3. The monoisotopic (exact) mass is 298 g/mol. The molecule has 1 aromatic carbocycles. The predicted octanol–water partition coefficient (Wildman–Crippen LogP) is 3.42. The summed E-state index contributed by atoms with van der Waals surface area (Å²) in [6.45, 7) is 9.08. The van der Waals surface area contributed by atoms with Gasteiger partial charge in [-0.05, 0) is 44.6 Å². The minimum atomic E-state index is -0.484. The van der Waals surface area contributed by atoms with Crippen molar-refractivity contribution in [3.8, 4) is 0 Å². The number of aliphatic hydroxyl groups is 1. The standard InChI is InChI=1S/C16H27ClN2O/c1-12(2)11-19(9-8-18(4)5)16-7-6-14(13(3)20)10-15(16)17/h6-7,10,12-13,20H,8-9,11H2,1-5H3/t13-/m1/s1. The highest BCUT2D eigenvalue weighted by atomic mass is 35.5. The van der Waals surface area contributed by atoms with E-state index in [1.807, 2.05) is 18.2 Å². The van der Waals surface area contributed by atoms with E-state index in [1.54, 1.807) is 6.92 Å². The molecule has 0 bridgehead atoms. The fourth-order valence-electron chi connectivity index (χ4n) is 2.11. The smallest absolute Gasteiger partial charge is 0.0762 e. The summed E-state index contributed by atoms with van der Waals surface area (Å²) in [5, 5.41) is 10.3. The van der Waals surface area contributed by atoms with E-state index in [0.717, 1.165) is 30.9 Å². The SMILES string of the molecule is CC(C)CN(CCN(C)C)c1ccc([C@@H](C)O)cc1Cl. The van der Waals surface area contributed by atoms with Crippen molar-refractivity contribution >= 4 is 17.3 Å². The Hall–Kier alpha value is -0.770. The summed E-state index contributed by atoms with van der Waals surface area (Å²) in [6.07, 6.45) is -0.484. The highest BCUT2D eigenvalue weighted by Crippen LogP contribution is 2.29. The molecule has 0 amide bonds. The molecule has 3 nitrogen and oxygen atoms in total. The molecule has 1 aromatic rings. The van der Waals surface area contributed by atoms with Crippen LogP contribution in [0.5, 0.6) is 0 Å². The van der Waals surface area contributed by atoms with Crippen molar-refractivity contribution in [2.45, 2.75) is 26.9 Å². The van der Waals surface area contributed by atoms with Crippen molar-refractivity contribution in [3.63, 3.8) is 0 Å². The van der Waals surface area contributed by atoms with Gasteiger partial charge in [-0.2, -0.15) is 0 Å². The lowest BCUT2D eigenvalue weighted by atomic mass is 10.1. The maximum Gasteiger partial charge on any atom is 0.0762 e. The number of nitrogens with zero attached hydrogens (tertiary/aromatic N) is 2. The minimum Gasteiger partial charge on any atom is -0.389 e. The van der Waals surface area contributed by atoms with E-state index >= 15 is 0 Å². The van der Waals surface area contributed by atoms with E-state index in [-0.39, 0.29) is 0 Å². The van der Waals surface area contributed by atoms with Crippen molar-refractivity contribution in [1.82, 2.24) is 4.90 Å². The fraction of sp³-hybridized carbons (Fsp3) is 0.625. The third kappa shape index (κ3) is 5.31. The number of hydrogen-bond donors (Lipinski definition) is 1. The van der Waals surface area contributed by atoms with Crippen molar-refractivity contribution in [2.24, 2.45) is 5.92 Å². The summed E-state index contributed by atoms with van der Waals surface area (Å²) in [7, 11) is 4.15. The van der Waals surface area contributed by atoms with Crippen LogP contribution in [0, 0.1) is 5.92 Å². The molecule has 1 rings (SSSR count). The summed E-state index contributed by atoms with van der Waals surface area (Å²) < 4.78 is 0. The Balaban J connectivity index is 2.94. The summed E-state index contributed by atoms with van der Waals surface area (Å²) in [4.78, 5) is 4.49. The second-order valence-electron chi connectivity index (χ2n) is 6.03. The van der Waals surface area contributed by atoms with E-state index in [2.05, 4.69) is 37.7 Å². The van der Waals surface area contributed by atoms with Gasteiger partial charge in [-0.3, -0.25) is 0 Å². The molecule has 0 aliphatic rings. The minimum absolute atomic E-state index is 0.484. The number of anilines is 1. The Morgan fingerprint density at radius 2 is 1.80 bits per heavy atom. The molecule has 0 aliphatic heterocycles. The lowest BCUT2D eigenvalue weighted by Crippen LogP contribution is -2.34. The zero-order valence-corrected chi connectivity index (χ0v) is 14.0. The first-order valence-electron chi connectivity index (χ1n) is 7.18. The second kappa shape index (κ2) is 7.87. The van der Waals surface area contributed by atoms with Crippen LogP contribution in [0.2, 0.25) is 5.02 Å². The quantitative estimate of drug-likeness (QED) is 0.835. The zero-order valence-electron chi connectivity index (χ0n) is 13.2. The summed E-state index contributed by atoms with van der Waals surface area (Å²) in [5.41, 5.74) is 1.91. The molecule has 0 saturated heterocycles. The van der Waals surface area contributed by atoms with Gasteiger partial charge in [0.05, 0.1) is 16.8 Å². The lowest BCUT2D eigenvalue weighted by molar-refractivity contribution is 0.199. The Kier molecular flexibility index (Phi) is 6.80. The van der Waals surface area contributed by atoms with Crippen molar-refractivity contribution in [3.05, 3.63) is 28.8 Å². The molecule has 0 aliphatic carbocycles. The number of aliphatic hydroxyl groups excluding tert-OH is 1. The van der Waals surface area contributed by atoms with Crippen molar-refractivity contribution < 1.29 is 5.11 Å². The maximum atomic E-state index is 9.62. The first-order chi connectivity index (χ1) is 9.31. The van der Waals surface area contributed by atoms with Gasteiger partial charge in [-0.15, -0.1) is 0 Å². The maximum absolute atomic E-state index is 9.62. The molecular formula is C16H27ClN2O. The van der Waals surface area contributed by atoms with Crippen molar-refractivity contribution in [1.29, 1.82) is 0 Å². The largest absolute Gasteiger partial charge is 0.389 e. The third-order valence-electron chi connectivity index (χ3n) is 3.20. The van der Waals surface area contributed by atoms with Gasteiger partial charge in [0.1, 0.15) is 0 Å². The molecule has 0 aromatic heterocycles. The molecule has 0 unspecified atom stereocenters. The summed E-state index contributed by atoms with van der Waals surface area (Å²) in [6, 6.07) is 5.84. The second-order valence-corrected chi connectivity index (χ2v) is 6.44. The highest BCUT2D eigenvalue weighted by molar-refractivity contribution is 6.33. The zero-order chi connectivity index (χ0) is 15.3. The van der Waals surface area contributed by atoms with E-state index in [1.165, 1.54) is 0 Å². The van der Waals surface area contributed by atoms with E-state index in [4.69, 9.17) is 11.6 Å². The summed E-state index contributed by atoms with van der Waals surface area (Å²) >= 11 is 6.40. The number of benzene rings is 1. The average Bonchev–Trinajstić information content (AvgIpc) is 2.33. The van der Waals surface area contributed by atoms with Crippen LogP contribution in [0.15, 0.2) is 18.2 Å². The molecular weight excluding hydrogens is 272 g/mol. The van der Waals surface area contributed by atoms with Gasteiger partial charge >= 0.3 is 0 Å². The predicted molar refractivity (Wildman–Crippen MR) is 87.7 cm³/mol. The molecule has 0 fully saturated rings. The Labute approximate surface area is 128 Å². The van der Waals surface area contributed by atoms with Crippen LogP contribution in [-0.4, -0.2) is 43.7 Å². The number of rotatable bonds is 7. The van der Waals surface area contributed by atoms with Crippen LogP contribution >= 0.6 is 11.6 Å². The van der Waals surface area contributed by atoms with Crippen LogP contribution in [0.25, 0.3) is 0 Å². The first-order valence-corrected chi connectivity index (χ1v) is 7.56. The van der Waals surface area contributed by atoms with Crippen LogP contribution < -0.4 is 4.90 Å². The van der Waals surface area contributed by atoms with Crippen molar-refractivity contribution in [2.75, 3.05) is 38.6 Å². The topological polar surface area (TPSA) is 26.7 Å². The molecule has 0 saturated carbocycles. The Morgan fingerprint density at radius 3 is 2.25 bits per heavy atom. The Bertz CT molecular complexity index is 419. The molecule has 4 heteroatoms. The van der Waals surface area contributed by atoms with Gasteiger partial charge in [-0.25, -0.2) is 0 Å². The molecule has 20 heavy (non-hydrogen) atoms. The molecule has 0 heterocycles. The normalized spacial score (nSPS) is 13.1. The van der Waals surface area contributed by atoms with E-state index in [9.17, 15) is 5.11 Å². The molecule has 114 valence electrons. The van der Waals surface area contributed by atoms with E-state index in [0.29, 0.717) is 10.9 Å². The van der Waals surface area contributed by atoms with Gasteiger partial charge in [0.25, 0.3) is 0 Å².